The summed E-state index contributed by atoms with van der Waals surface area (Å²) in [6.07, 6.45) is -3.13. The van der Waals surface area contributed by atoms with Gasteiger partial charge in [-0.3, -0.25) is 4.79 Å². The zero-order valence-electron chi connectivity index (χ0n) is 9.13. The van der Waals surface area contributed by atoms with Gasteiger partial charge in [-0.2, -0.15) is 13.2 Å². The molecule has 0 N–H and O–H groups in total. The highest BCUT2D eigenvalue weighted by atomic mass is 19.4. The van der Waals surface area contributed by atoms with Crippen molar-refractivity contribution >= 4 is 5.91 Å². The number of alkyl halides is 4. The van der Waals surface area contributed by atoms with Gasteiger partial charge in [-0.25, -0.2) is 4.39 Å². The maximum atomic E-state index is 14.2. The van der Waals surface area contributed by atoms with Crippen molar-refractivity contribution in [1.29, 1.82) is 0 Å². The van der Waals surface area contributed by atoms with Crippen LogP contribution in [0.4, 0.5) is 17.6 Å². The van der Waals surface area contributed by atoms with Crippen molar-refractivity contribution in [3.63, 3.8) is 0 Å². The average molecular weight is 251 g/mol. The first-order chi connectivity index (χ1) is 7.78. The van der Waals surface area contributed by atoms with E-state index in [1.54, 1.807) is 0 Å². The molecule has 4 aliphatic rings. The first-order valence-corrected chi connectivity index (χ1v) is 5.87. The fourth-order valence-electron chi connectivity index (χ4n) is 4.01. The smallest absolute Gasteiger partial charge is 0.329 e. The second-order valence-electron chi connectivity index (χ2n) is 5.62. The third kappa shape index (κ3) is 1.64. The molecule has 2 nitrogen and oxygen atoms in total. The van der Waals surface area contributed by atoms with Crippen LogP contribution >= 0.6 is 0 Å². The summed E-state index contributed by atoms with van der Waals surface area (Å²) in [5.41, 5.74) is -1.32. The molecule has 1 amide bonds. The molecule has 2 saturated heterocycles. The van der Waals surface area contributed by atoms with E-state index in [0.717, 1.165) is 4.90 Å². The summed E-state index contributed by atoms with van der Waals surface area (Å²) in [7, 11) is 0. The SMILES string of the molecule is O=C(N1C2CC3CC1CC(F)(C3)C2)C(F)(F)F. The topological polar surface area (TPSA) is 20.3 Å². The van der Waals surface area contributed by atoms with Crippen LogP contribution in [0.15, 0.2) is 0 Å². The van der Waals surface area contributed by atoms with Gasteiger partial charge in [0.1, 0.15) is 5.67 Å². The lowest BCUT2D eigenvalue weighted by atomic mass is 9.62. The molecule has 96 valence electrons. The van der Waals surface area contributed by atoms with Crippen molar-refractivity contribution < 1.29 is 22.4 Å². The van der Waals surface area contributed by atoms with E-state index >= 15 is 0 Å². The molecule has 0 spiro atoms. The summed E-state index contributed by atoms with van der Waals surface area (Å²) in [5, 5.41) is 0. The molecule has 17 heavy (non-hydrogen) atoms. The normalized spacial score (nSPS) is 44.2. The Morgan fingerprint density at radius 3 is 2.06 bits per heavy atom. The molecule has 2 atom stereocenters. The second kappa shape index (κ2) is 3.14. The van der Waals surface area contributed by atoms with Crippen LogP contribution in [0.3, 0.4) is 0 Å². The Morgan fingerprint density at radius 2 is 1.65 bits per heavy atom. The van der Waals surface area contributed by atoms with E-state index in [0.29, 0.717) is 19.3 Å². The quantitative estimate of drug-likeness (QED) is 0.605. The summed E-state index contributed by atoms with van der Waals surface area (Å²) in [6.45, 7) is 0. The van der Waals surface area contributed by atoms with Gasteiger partial charge in [0.15, 0.2) is 0 Å². The van der Waals surface area contributed by atoms with Gasteiger partial charge in [-0.05, 0) is 25.2 Å². The number of hydrogen-bond acceptors (Lipinski definition) is 1. The van der Waals surface area contributed by atoms with Crippen molar-refractivity contribution in [2.24, 2.45) is 5.92 Å². The number of carbonyl (C=O) groups is 1. The van der Waals surface area contributed by atoms with E-state index in [2.05, 4.69) is 0 Å². The Balaban J connectivity index is 1.87. The molecule has 0 aromatic heterocycles. The van der Waals surface area contributed by atoms with E-state index in [-0.39, 0.29) is 18.8 Å². The highest BCUT2D eigenvalue weighted by molar-refractivity contribution is 5.82. The van der Waals surface area contributed by atoms with E-state index in [9.17, 15) is 22.4 Å². The lowest BCUT2D eigenvalue weighted by molar-refractivity contribution is -0.206. The van der Waals surface area contributed by atoms with Crippen LogP contribution in [-0.4, -0.2) is 34.7 Å². The lowest BCUT2D eigenvalue weighted by Gasteiger charge is -2.58. The molecule has 2 heterocycles. The molecule has 4 bridgehead atoms. The Hall–Kier alpha value is -0.810. The summed E-state index contributed by atoms with van der Waals surface area (Å²) < 4.78 is 51.6. The fourth-order valence-corrected chi connectivity index (χ4v) is 4.01. The van der Waals surface area contributed by atoms with Gasteiger partial charge in [0, 0.05) is 24.9 Å². The van der Waals surface area contributed by atoms with Gasteiger partial charge in [0.2, 0.25) is 0 Å². The summed E-state index contributed by atoms with van der Waals surface area (Å²) in [4.78, 5) is 12.2. The van der Waals surface area contributed by atoms with Crippen LogP contribution < -0.4 is 0 Å². The van der Waals surface area contributed by atoms with Crippen molar-refractivity contribution in [1.82, 2.24) is 4.90 Å². The van der Waals surface area contributed by atoms with Crippen LogP contribution in [-0.2, 0) is 4.79 Å². The van der Waals surface area contributed by atoms with Gasteiger partial charge in [0.05, 0.1) is 0 Å². The molecule has 4 rings (SSSR count). The summed E-state index contributed by atoms with van der Waals surface area (Å²) in [5.74, 6) is -1.62. The molecule has 4 fully saturated rings. The number of piperidine rings is 2. The van der Waals surface area contributed by atoms with Gasteiger partial charge in [0.25, 0.3) is 0 Å². The molecule has 0 aromatic rings. The number of nitrogens with zero attached hydrogens (tertiary/aromatic N) is 1. The molecule has 0 radical (unpaired) electrons. The van der Waals surface area contributed by atoms with Crippen LogP contribution in [0.5, 0.6) is 0 Å². The van der Waals surface area contributed by atoms with E-state index in [4.69, 9.17) is 0 Å². The third-order valence-electron chi connectivity index (χ3n) is 4.33. The average Bonchev–Trinajstić information content (AvgIpc) is 2.11. The second-order valence-corrected chi connectivity index (χ2v) is 5.62. The van der Waals surface area contributed by atoms with Crippen molar-refractivity contribution in [3.05, 3.63) is 0 Å². The van der Waals surface area contributed by atoms with E-state index in [1.807, 2.05) is 0 Å². The predicted octanol–water partition coefficient (Wildman–Crippen LogP) is 2.43. The monoisotopic (exact) mass is 251 g/mol. The Morgan fingerprint density at radius 1 is 1.12 bits per heavy atom. The maximum absolute atomic E-state index is 14.2. The van der Waals surface area contributed by atoms with Crippen LogP contribution in [0.2, 0.25) is 0 Å². The molecule has 2 saturated carbocycles. The Bertz CT molecular complexity index is 351. The molecule has 2 aliphatic carbocycles. The number of rotatable bonds is 0. The molecule has 0 aromatic carbocycles. The van der Waals surface area contributed by atoms with Crippen molar-refractivity contribution in [2.45, 2.75) is 56.0 Å². The van der Waals surface area contributed by atoms with Crippen LogP contribution in [0.1, 0.15) is 32.1 Å². The van der Waals surface area contributed by atoms with E-state index in [1.165, 1.54) is 0 Å². The minimum atomic E-state index is -4.83. The molecular formula is C11H13F4NO. The molecule has 6 heteroatoms. The Kier molecular flexibility index (Phi) is 2.09. The minimum Gasteiger partial charge on any atom is -0.329 e. The lowest BCUT2D eigenvalue weighted by Crippen LogP contribution is -2.66. The maximum Gasteiger partial charge on any atom is 0.471 e. The summed E-state index contributed by atoms with van der Waals surface area (Å²) in [6, 6.07) is -1.08. The van der Waals surface area contributed by atoms with Crippen LogP contribution in [0.25, 0.3) is 0 Å². The first kappa shape index (κ1) is 11.3. The highest BCUT2D eigenvalue weighted by Crippen LogP contribution is 2.53. The number of hydrogen-bond donors (Lipinski definition) is 0. The fraction of sp³-hybridized carbons (Fsp3) is 0.909. The number of carbonyl (C=O) groups excluding carboxylic acids is 1. The third-order valence-corrected chi connectivity index (χ3v) is 4.33. The predicted molar refractivity (Wildman–Crippen MR) is 50.9 cm³/mol. The van der Waals surface area contributed by atoms with Gasteiger partial charge < -0.3 is 4.90 Å². The molecule has 2 unspecified atom stereocenters. The summed E-state index contributed by atoms with van der Waals surface area (Å²) >= 11 is 0. The number of halogens is 4. The van der Waals surface area contributed by atoms with Gasteiger partial charge in [-0.15, -0.1) is 0 Å². The zero-order valence-corrected chi connectivity index (χ0v) is 9.13. The van der Waals surface area contributed by atoms with Gasteiger partial charge in [-0.1, -0.05) is 0 Å². The Labute approximate surface area is 96.0 Å². The molecular weight excluding hydrogens is 238 g/mol. The van der Waals surface area contributed by atoms with Gasteiger partial charge >= 0.3 is 12.1 Å². The molecule has 2 aliphatic heterocycles. The number of amides is 1. The van der Waals surface area contributed by atoms with E-state index < -0.39 is 29.8 Å². The highest BCUT2D eigenvalue weighted by Gasteiger charge is 2.59. The zero-order chi connectivity index (χ0) is 12.4. The first-order valence-electron chi connectivity index (χ1n) is 5.87. The van der Waals surface area contributed by atoms with Crippen LogP contribution in [0, 0.1) is 5.92 Å². The van der Waals surface area contributed by atoms with Crippen molar-refractivity contribution in [2.75, 3.05) is 0 Å². The standard InChI is InChI=1S/C11H13F4NO/c12-10-3-6-1-7(4-10)16(8(2-6)5-10)9(17)11(13,14)15/h6-8H,1-5H2. The van der Waals surface area contributed by atoms with Crippen molar-refractivity contribution in [3.8, 4) is 0 Å². The largest absolute Gasteiger partial charge is 0.471 e. The minimum absolute atomic E-state index is 0.0851.